The van der Waals surface area contributed by atoms with Crippen LogP contribution >= 0.6 is 0 Å². The molecule has 0 aliphatic carbocycles. The number of hydrogen-bond donors (Lipinski definition) is 1. The first kappa shape index (κ1) is 10.5. The van der Waals surface area contributed by atoms with E-state index < -0.39 is 0 Å². The number of carbonyl (C=O) groups excluding carboxylic acids is 1. The van der Waals surface area contributed by atoms with Gasteiger partial charge in [0.2, 0.25) is 0 Å². The molecule has 4 nitrogen and oxygen atoms in total. The summed E-state index contributed by atoms with van der Waals surface area (Å²) in [5, 5.41) is 8.80. The van der Waals surface area contributed by atoms with Gasteiger partial charge in [0.05, 0.1) is 13.7 Å². The summed E-state index contributed by atoms with van der Waals surface area (Å²) in [6, 6.07) is -0.133. The van der Waals surface area contributed by atoms with E-state index in [0.29, 0.717) is 6.54 Å². The molecule has 0 bridgehead atoms. The number of likely N-dealkylation sites (tertiary alicyclic amines) is 1. The number of nitrogens with zero attached hydrogens (tertiary/aromatic N) is 1. The van der Waals surface area contributed by atoms with E-state index in [1.54, 1.807) is 0 Å². The Morgan fingerprint density at radius 2 is 2.38 bits per heavy atom. The minimum Gasteiger partial charge on any atom is -0.468 e. The average Bonchev–Trinajstić information content (AvgIpc) is 2.18. The largest absolute Gasteiger partial charge is 0.468 e. The lowest BCUT2D eigenvalue weighted by molar-refractivity contribution is -0.148. The molecule has 1 aliphatic heterocycles. The van der Waals surface area contributed by atoms with E-state index >= 15 is 0 Å². The minimum absolute atomic E-state index is 0.105. The lowest BCUT2D eigenvalue weighted by Gasteiger charge is -2.32. The standard InChI is InChI=1S/C9H17NO3/c1-13-9(12)8-4-2-3-5-10(8)6-7-11/h8,11H,2-7H2,1H3. The number of carbonyl (C=O) groups is 1. The number of piperidine rings is 1. The van der Waals surface area contributed by atoms with Crippen molar-refractivity contribution in [3.63, 3.8) is 0 Å². The molecular formula is C9H17NO3. The second kappa shape index (κ2) is 5.19. The normalized spacial score (nSPS) is 24.3. The fraction of sp³-hybridized carbons (Fsp3) is 0.889. The molecule has 1 heterocycles. The molecule has 1 N–H and O–H groups in total. The molecule has 0 amide bonds. The second-order valence-electron chi connectivity index (χ2n) is 3.29. The molecule has 0 aromatic carbocycles. The monoisotopic (exact) mass is 187 g/mol. The van der Waals surface area contributed by atoms with Crippen LogP contribution in [0.5, 0.6) is 0 Å². The number of aliphatic hydroxyl groups is 1. The van der Waals surface area contributed by atoms with E-state index in [1.807, 2.05) is 4.90 Å². The maximum Gasteiger partial charge on any atom is 0.323 e. The Balaban J connectivity index is 2.50. The first-order valence-corrected chi connectivity index (χ1v) is 4.72. The highest BCUT2D eigenvalue weighted by atomic mass is 16.5. The number of ether oxygens (including phenoxy) is 1. The number of β-amino-alcohol motifs (C(OH)–C–C–N with tert-alkyl or cyclic N) is 1. The van der Waals surface area contributed by atoms with Gasteiger partial charge >= 0.3 is 5.97 Å². The van der Waals surface area contributed by atoms with Crippen molar-refractivity contribution in [2.24, 2.45) is 0 Å². The zero-order valence-electron chi connectivity index (χ0n) is 8.03. The van der Waals surface area contributed by atoms with Crippen molar-refractivity contribution in [2.45, 2.75) is 25.3 Å². The first-order valence-electron chi connectivity index (χ1n) is 4.72. The maximum atomic E-state index is 11.3. The van der Waals surface area contributed by atoms with Crippen molar-refractivity contribution in [1.29, 1.82) is 0 Å². The predicted octanol–water partition coefficient (Wildman–Crippen LogP) is 0.00620. The molecule has 1 atom stereocenters. The van der Waals surface area contributed by atoms with E-state index in [4.69, 9.17) is 9.84 Å². The summed E-state index contributed by atoms with van der Waals surface area (Å²) in [6.45, 7) is 1.56. The third-order valence-electron chi connectivity index (χ3n) is 2.47. The van der Waals surface area contributed by atoms with Crippen LogP contribution < -0.4 is 0 Å². The van der Waals surface area contributed by atoms with Gasteiger partial charge in [0.15, 0.2) is 0 Å². The summed E-state index contributed by atoms with van der Waals surface area (Å²) in [6.07, 6.45) is 3.03. The van der Waals surface area contributed by atoms with Crippen molar-refractivity contribution in [1.82, 2.24) is 4.90 Å². The maximum absolute atomic E-state index is 11.3. The topological polar surface area (TPSA) is 49.8 Å². The number of rotatable bonds is 3. The summed E-state index contributed by atoms with van der Waals surface area (Å²) in [7, 11) is 1.41. The smallest absolute Gasteiger partial charge is 0.323 e. The Labute approximate surface area is 78.5 Å². The summed E-state index contributed by atoms with van der Waals surface area (Å²) < 4.78 is 4.70. The van der Waals surface area contributed by atoms with Gasteiger partial charge in [-0.05, 0) is 19.4 Å². The Bertz CT molecular complexity index is 170. The fourth-order valence-corrected chi connectivity index (χ4v) is 1.79. The average molecular weight is 187 g/mol. The van der Waals surface area contributed by atoms with Crippen LogP contribution in [0.15, 0.2) is 0 Å². The van der Waals surface area contributed by atoms with Crippen LogP contribution in [0.3, 0.4) is 0 Å². The van der Waals surface area contributed by atoms with Crippen LogP contribution in [-0.4, -0.2) is 48.8 Å². The molecule has 0 aromatic rings. The molecule has 1 aliphatic rings. The Morgan fingerprint density at radius 3 is 3.00 bits per heavy atom. The molecule has 1 fully saturated rings. The van der Waals surface area contributed by atoms with Crippen molar-refractivity contribution >= 4 is 5.97 Å². The molecule has 13 heavy (non-hydrogen) atoms. The van der Waals surface area contributed by atoms with Crippen molar-refractivity contribution < 1.29 is 14.6 Å². The SMILES string of the molecule is COC(=O)C1CCCCN1CCO. The molecule has 76 valence electrons. The first-order chi connectivity index (χ1) is 6.29. The lowest BCUT2D eigenvalue weighted by atomic mass is 10.0. The van der Waals surface area contributed by atoms with Crippen LogP contribution in [0.1, 0.15) is 19.3 Å². The van der Waals surface area contributed by atoms with Gasteiger partial charge in [-0.25, -0.2) is 0 Å². The van der Waals surface area contributed by atoms with Crippen LogP contribution in [-0.2, 0) is 9.53 Å². The van der Waals surface area contributed by atoms with Crippen LogP contribution in [0, 0.1) is 0 Å². The van der Waals surface area contributed by atoms with Crippen LogP contribution in [0.2, 0.25) is 0 Å². The molecule has 0 aromatic heterocycles. The molecule has 1 unspecified atom stereocenters. The van der Waals surface area contributed by atoms with E-state index in [2.05, 4.69) is 0 Å². The number of esters is 1. The van der Waals surface area contributed by atoms with Crippen LogP contribution in [0.25, 0.3) is 0 Å². The summed E-state index contributed by atoms with van der Waals surface area (Å²) in [5.74, 6) is -0.173. The molecule has 0 radical (unpaired) electrons. The van der Waals surface area contributed by atoms with Crippen LogP contribution in [0.4, 0.5) is 0 Å². The molecule has 0 saturated carbocycles. The fourth-order valence-electron chi connectivity index (χ4n) is 1.79. The molecule has 4 heteroatoms. The van der Waals surface area contributed by atoms with Crippen molar-refractivity contribution in [2.75, 3.05) is 26.8 Å². The zero-order chi connectivity index (χ0) is 9.68. The molecule has 1 rings (SSSR count). The highest BCUT2D eigenvalue weighted by molar-refractivity contribution is 5.75. The minimum atomic E-state index is -0.173. The van der Waals surface area contributed by atoms with Gasteiger partial charge in [0.1, 0.15) is 6.04 Å². The predicted molar refractivity (Wildman–Crippen MR) is 48.3 cm³/mol. The molecular weight excluding hydrogens is 170 g/mol. The van der Waals surface area contributed by atoms with E-state index in [1.165, 1.54) is 7.11 Å². The van der Waals surface area contributed by atoms with Gasteiger partial charge in [0.25, 0.3) is 0 Å². The zero-order valence-corrected chi connectivity index (χ0v) is 8.03. The lowest BCUT2D eigenvalue weighted by Crippen LogP contribution is -2.46. The van der Waals surface area contributed by atoms with Gasteiger partial charge in [-0.15, -0.1) is 0 Å². The third-order valence-corrected chi connectivity index (χ3v) is 2.47. The molecule has 1 saturated heterocycles. The van der Waals surface area contributed by atoms with Gasteiger partial charge in [0, 0.05) is 6.54 Å². The van der Waals surface area contributed by atoms with Gasteiger partial charge in [-0.3, -0.25) is 9.69 Å². The van der Waals surface area contributed by atoms with Crippen molar-refractivity contribution in [3.05, 3.63) is 0 Å². The highest BCUT2D eigenvalue weighted by Gasteiger charge is 2.28. The second-order valence-corrected chi connectivity index (χ2v) is 3.29. The summed E-state index contributed by atoms with van der Waals surface area (Å²) in [4.78, 5) is 13.3. The van der Waals surface area contributed by atoms with Gasteiger partial charge in [-0.2, -0.15) is 0 Å². The van der Waals surface area contributed by atoms with E-state index in [0.717, 1.165) is 25.8 Å². The summed E-state index contributed by atoms with van der Waals surface area (Å²) in [5.41, 5.74) is 0. The third kappa shape index (κ3) is 2.67. The Hall–Kier alpha value is -0.610. The molecule has 0 spiro atoms. The number of aliphatic hydroxyl groups excluding tert-OH is 1. The van der Waals surface area contributed by atoms with Crippen molar-refractivity contribution in [3.8, 4) is 0 Å². The number of methoxy groups -OCH3 is 1. The van der Waals surface area contributed by atoms with Gasteiger partial charge < -0.3 is 9.84 Å². The van der Waals surface area contributed by atoms with E-state index in [9.17, 15) is 4.79 Å². The summed E-state index contributed by atoms with van der Waals surface area (Å²) >= 11 is 0. The number of hydrogen-bond acceptors (Lipinski definition) is 4. The Morgan fingerprint density at radius 1 is 1.62 bits per heavy atom. The highest BCUT2D eigenvalue weighted by Crippen LogP contribution is 2.17. The Kier molecular flexibility index (Phi) is 4.18. The quantitative estimate of drug-likeness (QED) is 0.632. The van der Waals surface area contributed by atoms with E-state index in [-0.39, 0.29) is 18.6 Å². The van der Waals surface area contributed by atoms with Gasteiger partial charge in [-0.1, -0.05) is 6.42 Å².